The molecule has 0 saturated heterocycles. The second kappa shape index (κ2) is 7.27. The van der Waals surface area contributed by atoms with Crippen LogP contribution in [0, 0.1) is 6.92 Å². The van der Waals surface area contributed by atoms with Gasteiger partial charge in [0.15, 0.2) is 17.3 Å². The number of rotatable bonds is 5. The Labute approximate surface area is 138 Å². The first-order chi connectivity index (χ1) is 10.5. The van der Waals surface area contributed by atoms with E-state index in [4.69, 9.17) is 4.74 Å². The molecule has 0 spiro atoms. The molecule has 0 saturated carbocycles. The van der Waals surface area contributed by atoms with Crippen LogP contribution in [0.25, 0.3) is 6.08 Å². The van der Waals surface area contributed by atoms with Gasteiger partial charge in [-0.15, -0.1) is 0 Å². The molecule has 0 atom stereocenters. The molecule has 2 aromatic carbocycles. The standard InChI is InChI=1S/C18H17BrO3/c1-3-22-17-11-13(10-15(19)18(17)21)6-9-16(20)14-7-4-12(2)5-8-14/h4-11,21H,3H2,1-2H3. The summed E-state index contributed by atoms with van der Waals surface area (Å²) in [5.41, 5.74) is 2.53. The molecule has 114 valence electrons. The highest BCUT2D eigenvalue weighted by Gasteiger charge is 2.08. The van der Waals surface area contributed by atoms with Crippen LogP contribution in [-0.2, 0) is 0 Å². The molecule has 1 N–H and O–H groups in total. The molecule has 0 aliphatic heterocycles. The third-order valence-corrected chi connectivity index (χ3v) is 3.72. The Hall–Kier alpha value is -2.07. The monoisotopic (exact) mass is 360 g/mol. The van der Waals surface area contributed by atoms with Crippen LogP contribution in [-0.4, -0.2) is 17.5 Å². The number of ether oxygens (including phenoxy) is 1. The summed E-state index contributed by atoms with van der Waals surface area (Å²) in [6, 6.07) is 10.9. The van der Waals surface area contributed by atoms with Crippen LogP contribution in [0.4, 0.5) is 0 Å². The van der Waals surface area contributed by atoms with Crippen molar-refractivity contribution in [3.8, 4) is 11.5 Å². The van der Waals surface area contributed by atoms with Crippen LogP contribution < -0.4 is 4.74 Å². The van der Waals surface area contributed by atoms with E-state index in [-0.39, 0.29) is 11.5 Å². The Morgan fingerprint density at radius 1 is 1.27 bits per heavy atom. The molecule has 0 bridgehead atoms. The molecule has 0 aliphatic rings. The van der Waals surface area contributed by atoms with E-state index in [1.165, 1.54) is 6.08 Å². The highest BCUT2D eigenvalue weighted by atomic mass is 79.9. The van der Waals surface area contributed by atoms with E-state index in [1.54, 1.807) is 30.3 Å². The first kappa shape index (κ1) is 16.3. The fourth-order valence-corrected chi connectivity index (χ4v) is 2.40. The zero-order valence-electron chi connectivity index (χ0n) is 12.5. The van der Waals surface area contributed by atoms with Gasteiger partial charge in [-0.25, -0.2) is 0 Å². The molecule has 0 radical (unpaired) electrons. The number of ketones is 1. The molecular formula is C18H17BrO3. The summed E-state index contributed by atoms with van der Waals surface area (Å²) in [5, 5.41) is 9.87. The smallest absolute Gasteiger partial charge is 0.185 e. The largest absolute Gasteiger partial charge is 0.503 e. The number of aryl methyl sites for hydroxylation is 1. The summed E-state index contributed by atoms with van der Waals surface area (Å²) in [6.07, 6.45) is 3.22. The molecule has 22 heavy (non-hydrogen) atoms. The van der Waals surface area contributed by atoms with Gasteiger partial charge in [0, 0.05) is 5.56 Å². The maximum Gasteiger partial charge on any atom is 0.185 e. The minimum absolute atomic E-state index is 0.0591. The summed E-state index contributed by atoms with van der Waals surface area (Å²) in [6.45, 7) is 4.28. The van der Waals surface area contributed by atoms with Crippen LogP contribution in [0.2, 0.25) is 0 Å². The summed E-state index contributed by atoms with van der Waals surface area (Å²) >= 11 is 3.28. The van der Waals surface area contributed by atoms with Gasteiger partial charge in [0.2, 0.25) is 0 Å². The molecule has 0 aromatic heterocycles. The summed E-state index contributed by atoms with van der Waals surface area (Å²) in [7, 11) is 0. The normalized spacial score (nSPS) is 10.9. The van der Waals surface area contributed by atoms with Gasteiger partial charge in [0.25, 0.3) is 0 Å². The van der Waals surface area contributed by atoms with Gasteiger partial charge in [0.1, 0.15) is 0 Å². The fraction of sp³-hybridized carbons (Fsp3) is 0.167. The van der Waals surface area contributed by atoms with Crippen molar-refractivity contribution in [2.75, 3.05) is 6.61 Å². The maximum atomic E-state index is 12.1. The Balaban J connectivity index is 2.22. The first-order valence-corrected chi connectivity index (χ1v) is 7.75. The lowest BCUT2D eigenvalue weighted by atomic mass is 10.1. The van der Waals surface area contributed by atoms with Gasteiger partial charge < -0.3 is 9.84 Å². The van der Waals surface area contributed by atoms with E-state index in [9.17, 15) is 9.90 Å². The molecule has 0 fully saturated rings. The number of carbonyl (C=O) groups is 1. The Kier molecular flexibility index (Phi) is 5.39. The molecule has 2 aromatic rings. The number of hydrogen-bond donors (Lipinski definition) is 1. The Morgan fingerprint density at radius 3 is 2.59 bits per heavy atom. The minimum Gasteiger partial charge on any atom is -0.503 e. The van der Waals surface area contributed by atoms with Crippen LogP contribution >= 0.6 is 15.9 Å². The van der Waals surface area contributed by atoms with Gasteiger partial charge in [0.05, 0.1) is 11.1 Å². The second-order valence-electron chi connectivity index (χ2n) is 4.85. The molecule has 4 heteroatoms. The van der Waals surface area contributed by atoms with Gasteiger partial charge in [-0.1, -0.05) is 35.9 Å². The van der Waals surface area contributed by atoms with Crippen molar-refractivity contribution >= 4 is 27.8 Å². The predicted octanol–water partition coefficient (Wildman–Crippen LogP) is 4.76. The van der Waals surface area contributed by atoms with Gasteiger partial charge in [-0.2, -0.15) is 0 Å². The highest BCUT2D eigenvalue weighted by molar-refractivity contribution is 9.10. The lowest BCUT2D eigenvalue weighted by Gasteiger charge is -2.08. The summed E-state index contributed by atoms with van der Waals surface area (Å²) < 4.78 is 5.89. The molecule has 3 nitrogen and oxygen atoms in total. The number of phenolic OH excluding ortho intramolecular Hbond substituents is 1. The predicted molar refractivity (Wildman–Crippen MR) is 91.5 cm³/mol. The van der Waals surface area contributed by atoms with Crippen molar-refractivity contribution < 1.29 is 14.6 Å². The number of phenols is 1. The molecule has 0 heterocycles. The third kappa shape index (κ3) is 3.98. The van der Waals surface area contributed by atoms with E-state index in [2.05, 4.69) is 15.9 Å². The first-order valence-electron chi connectivity index (χ1n) is 6.95. The molecule has 0 amide bonds. The number of benzene rings is 2. The van der Waals surface area contributed by atoms with Crippen LogP contribution in [0.5, 0.6) is 11.5 Å². The van der Waals surface area contributed by atoms with Gasteiger partial charge in [-0.05, 0) is 53.5 Å². The molecule has 2 rings (SSSR count). The quantitative estimate of drug-likeness (QED) is 0.617. The van der Waals surface area contributed by atoms with Gasteiger partial charge in [-0.3, -0.25) is 4.79 Å². The average Bonchev–Trinajstić information content (AvgIpc) is 2.50. The fourth-order valence-electron chi connectivity index (χ4n) is 1.94. The third-order valence-electron chi connectivity index (χ3n) is 3.11. The molecular weight excluding hydrogens is 344 g/mol. The Bertz CT molecular complexity index is 703. The highest BCUT2D eigenvalue weighted by Crippen LogP contribution is 2.35. The SMILES string of the molecule is CCOc1cc(C=CC(=O)c2ccc(C)cc2)cc(Br)c1O. The zero-order valence-corrected chi connectivity index (χ0v) is 14.1. The summed E-state index contributed by atoms with van der Waals surface area (Å²) in [5.74, 6) is 0.380. The number of carbonyl (C=O) groups excluding carboxylic acids is 1. The number of allylic oxidation sites excluding steroid dienone is 1. The zero-order chi connectivity index (χ0) is 16.1. The van der Waals surface area contributed by atoms with Crippen molar-refractivity contribution in [1.82, 2.24) is 0 Å². The summed E-state index contributed by atoms with van der Waals surface area (Å²) in [4.78, 5) is 12.1. The number of aromatic hydroxyl groups is 1. The van der Waals surface area contributed by atoms with Crippen LogP contribution in [0.3, 0.4) is 0 Å². The lowest BCUT2D eigenvalue weighted by Crippen LogP contribution is -1.94. The topological polar surface area (TPSA) is 46.5 Å². The van der Waals surface area contributed by atoms with Crippen molar-refractivity contribution in [1.29, 1.82) is 0 Å². The Morgan fingerprint density at radius 2 is 1.95 bits per heavy atom. The van der Waals surface area contributed by atoms with Crippen molar-refractivity contribution in [3.63, 3.8) is 0 Å². The van der Waals surface area contributed by atoms with Crippen molar-refractivity contribution in [2.45, 2.75) is 13.8 Å². The van der Waals surface area contributed by atoms with Crippen molar-refractivity contribution in [3.05, 3.63) is 63.6 Å². The maximum absolute atomic E-state index is 12.1. The average molecular weight is 361 g/mol. The number of hydrogen-bond acceptors (Lipinski definition) is 3. The minimum atomic E-state index is -0.0674. The second-order valence-corrected chi connectivity index (χ2v) is 5.70. The molecule has 0 unspecified atom stereocenters. The van der Waals surface area contributed by atoms with E-state index < -0.39 is 0 Å². The van der Waals surface area contributed by atoms with E-state index >= 15 is 0 Å². The van der Waals surface area contributed by atoms with Crippen LogP contribution in [0.1, 0.15) is 28.4 Å². The van der Waals surface area contributed by atoms with Crippen LogP contribution in [0.15, 0.2) is 46.9 Å². The van der Waals surface area contributed by atoms with E-state index in [0.29, 0.717) is 22.4 Å². The lowest BCUT2D eigenvalue weighted by molar-refractivity contribution is 0.104. The van der Waals surface area contributed by atoms with E-state index in [0.717, 1.165) is 11.1 Å². The van der Waals surface area contributed by atoms with Crippen molar-refractivity contribution in [2.24, 2.45) is 0 Å². The number of halogens is 1. The van der Waals surface area contributed by atoms with Gasteiger partial charge >= 0.3 is 0 Å². The molecule has 0 aliphatic carbocycles. The van der Waals surface area contributed by atoms with E-state index in [1.807, 2.05) is 26.0 Å².